The molecule has 0 saturated heterocycles. The number of hydrogen-bond acceptors (Lipinski definition) is 6. The Hall–Kier alpha value is -4.99. The van der Waals surface area contributed by atoms with E-state index in [1.54, 1.807) is 48.7 Å². The molecule has 2 bridgehead atoms. The molecule has 38 heavy (non-hydrogen) atoms. The van der Waals surface area contributed by atoms with E-state index in [2.05, 4.69) is 25.7 Å². The summed E-state index contributed by atoms with van der Waals surface area (Å²) in [5.41, 5.74) is 9.63. The fourth-order valence-electron chi connectivity index (χ4n) is 4.03. The number of nitrogens with zero attached hydrogens (tertiary/aromatic N) is 1. The topological polar surface area (TPSA) is 159 Å². The van der Waals surface area contributed by atoms with Crippen LogP contribution < -0.4 is 21.7 Å². The molecule has 1 aromatic heterocycles. The molecule has 2 aromatic carbocycles. The van der Waals surface area contributed by atoms with Crippen molar-refractivity contribution >= 4 is 35.1 Å². The standard InChI is InChI=1S/C28H28N6O4/c1-38-28(37)32-20-11-12-21-19-13-14-31-24(15-19)22(5-3-2-4-6-25(35)33-23(21)16-20)34-27(36)18-9-7-17(8-10-18)26(29)30/h2-3,7-16,22H,4-6H2,1H3,(H3,29,30)(H,32,37)(H,33,35)(H,34,36)/b3-2-/t22-/m0/s1. The monoisotopic (exact) mass is 512 g/mol. The fourth-order valence-corrected chi connectivity index (χ4v) is 4.03. The highest BCUT2D eigenvalue weighted by Crippen LogP contribution is 2.33. The first kappa shape index (κ1) is 26.1. The van der Waals surface area contributed by atoms with Crippen LogP contribution in [-0.4, -0.2) is 35.8 Å². The van der Waals surface area contributed by atoms with E-state index in [0.717, 1.165) is 11.1 Å². The summed E-state index contributed by atoms with van der Waals surface area (Å²) in [6.07, 6.45) is 6.12. The maximum absolute atomic E-state index is 13.1. The highest BCUT2D eigenvalue weighted by molar-refractivity contribution is 5.99. The number of rotatable bonds is 4. The Morgan fingerprint density at radius 3 is 2.58 bits per heavy atom. The molecule has 1 atom stereocenters. The number of amides is 3. The number of benzene rings is 2. The smallest absolute Gasteiger partial charge is 0.411 e. The molecule has 2 heterocycles. The average molecular weight is 513 g/mol. The van der Waals surface area contributed by atoms with Gasteiger partial charge >= 0.3 is 6.09 Å². The third-order valence-electron chi connectivity index (χ3n) is 6.01. The number of fused-ring (bicyclic) bond motifs is 4. The van der Waals surface area contributed by atoms with Gasteiger partial charge in [0, 0.05) is 35.0 Å². The van der Waals surface area contributed by atoms with E-state index >= 15 is 0 Å². The summed E-state index contributed by atoms with van der Waals surface area (Å²) in [6.45, 7) is 0. The number of anilines is 2. The van der Waals surface area contributed by atoms with Gasteiger partial charge in [0.15, 0.2) is 0 Å². The Bertz CT molecular complexity index is 1400. The van der Waals surface area contributed by atoms with Crippen LogP contribution in [0.3, 0.4) is 0 Å². The number of hydrogen-bond donors (Lipinski definition) is 5. The third kappa shape index (κ3) is 6.41. The molecule has 3 amide bonds. The van der Waals surface area contributed by atoms with Gasteiger partial charge in [-0.3, -0.25) is 25.3 Å². The third-order valence-corrected chi connectivity index (χ3v) is 6.01. The summed E-state index contributed by atoms with van der Waals surface area (Å²) in [4.78, 5) is 41.9. The molecular weight excluding hydrogens is 484 g/mol. The van der Waals surface area contributed by atoms with Crippen LogP contribution in [-0.2, 0) is 9.53 Å². The van der Waals surface area contributed by atoms with E-state index in [9.17, 15) is 14.4 Å². The molecule has 1 aliphatic heterocycles. The van der Waals surface area contributed by atoms with Crippen molar-refractivity contribution in [1.29, 1.82) is 5.41 Å². The second-order valence-electron chi connectivity index (χ2n) is 8.66. The Morgan fingerprint density at radius 2 is 1.84 bits per heavy atom. The number of pyridine rings is 1. The van der Waals surface area contributed by atoms with Crippen LogP contribution in [0.25, 0.3) is 11.1 Å². The number of carbonyl (C=O) groups excluding carboxylic acids is 3. The molecule has 0 fully saturated rings. The SMILES string of the molecule is COC(=O)Nc1ccc2c(c1)NC(=O)CC/C=C\C[C@H](NC(=O)c1ccc(C(=N)N)cc1)c1cc-2ccn1. The van der Waals surface area contributed by atoms with Crippen molar-refractivity contribution in [3.05, 3.63) is 89.8 Å². The lowest BCUT2D eigenvalue weighted by Gasteiger charge is -2.19. The molecule has 1 aliphatic rings. The van der Waals surface area contributed by atoms with Gasteiger partial charge in [-0.15, -0.1) is 0 Å². The van der Waals surface area contributed by atoms with E-state index in [1.165, 1.54) is 7.11 Å². The van der Waals surface area contributed by atoms with Gasteiger partial charge in [0.25, 0.3) is 5.91 Å². The summed E-state index contributed by atoms with van der Waals surface area (Å²) >= 11 is 0. The number of ether oxygens (including phenoxy) is 1. The van der Waals surface area contributed by atoms with Gasteiger partial charge < -0.3 is 21.1 Å². The van der Waals surface area contributed by atoms with Crippen LogP contribution in [0.4, 0.5) is 16.2 Å². The number of amidine groups is 1. The van der Waals surface area contributed by atoms with Crippen molar-refractivity contribution in [3.8, 4) is 11.1 Å². The van der Waals surface area contributed by atoms with E-state index in [-0.39, 0.29) is 24.1 Å². The van der Waals surface area contributed by atoms with Crippen LogP contribution in [0.15, 0.2) is 72.9 Å². The summed E-state index contributed by atoms with van der Waals surface area (Å²) in [5.74, 6) is -0.524. The summed E-state index contributed by atoms with van der Waals surface area (Å²) in [6, 6.07) is 14.9. The van der Waals surface area contributed by atoms with Crippen LogP contribution in [0, 0.1) is 5.41 Å². The van der Waals surface area contributed by atoms with Crippen LogP contribution in [0.5, 0.6) is 0 Å². The first-order valence-corrected chi connectivity index (χ1v) is 12.0. The van der Waals surface area contributed by atoms with E-state index in [0.29, 0.717) is 41.0 Å². The molecule has 194 valence electrons. The van der Waals surface area contributed by atoms with Crippen molar-refractivity contribution in [1.82, 2.24) is 10.3 Å². The van der Waals surface area contributed by atoms with Gasteiger partial charge in [-0.05, 0) is 54.8 Å². The first-order chi connectivity index (χ1) is 18.3. The number of aromatic nitrogens is 1. The van der Waals surface area contributed by atoms with Gasteiger partial charge in [-0.2, -0.15) is 0 Å². The predicted octanol–water partition coefficient (Wildman–Crippen LogP) is 4.36. The van der Waals surface area contributed by atoms with E-state index in [1.807, 2.05) is 24.3 Å². The van der Waals surface area contributed by atoms with Gasteiger partial charge in [-0.25, -0.2) is 4.79 Å². The quantitative estimate of drug-likeness (QED) is 0.198. The number of methoxy groups -OCH3 is 1. The van der Waals surface area contributed by atoms with Crippen LogP contribution in [0.2, 0.25) is 0 Å². The van der Waals surface area contributed by atoms with E-state index in [4.69, 9.17) is 11.1 Å². The highest BCUT2D eigenvalue weighted by Gasteiger charge is 2.19. The normalized spacial score (nSPS) is 15.8. The lowest BCUT2D eigenvalue weighted by Crippen LogP contribution is -2.29. The Balaban J connectivity index is 1.68. The first-order valence-electron chi connectivity index (χ1n) is 12.0. The summed E-state index contributed by atoms with van der Waals surface area (Å²) in [7, 11) is 1.27. The van der Waals surface area contributed by atoms with Crippen molar-refractivity contribution < 1.29 is 19.1 Å². The molecule has 10 nitrogen and oxygen atoms in total. The maximum atomic E-state index is 13.1. The minimum Gasteiger partial charge on any atom is -0.453 e. The molecule has 3 aromatic rings. The minimum atomic E-state index is -0.619. The van der Waals surface area contributed by atoms with E-state index < -0.39 is 12.1 Å². The molecule has 10 heteroatoms. The Kier molecular flexibility index (Phi) is 8.12. The number of allylic oxidation sites excluding steroid dienone is 1. The van der Waals surface area contributed by atoms with Gasteiger partial charge in [-0.1, -0.05) is 30.4 Å². The van der Waals surface area contributed by atoms with Gasteiger partial charge in [0.2, 0.25) is 5.91 Å². The van der Waals surface area contributed by atoms with Crippen LogP contribution in [0.1, 0.15) is 46.9 Å². The fraction of sp³-hybridized carbons (Fsp3) is 0.179. The zero-order chi connectivity index (χ0) is 27.1. The van der Waals surface area contributed by atoms with Crippen molar-refractivity contribution in [2.75, 3.05) is 17.7 Å². The summed E-state index contributed by atoms with van der Waals surface area (Å²) in [5, 5.41) is 16.1. The lowest BCUT2D eigenvalue weighted by molar-refractivity contribution is -0.116. The van der Waals surface area contributed by atoms with Gasteiger partial charge in [0.05, 0.1) is 24.5 Å². The second-order valence-corrected chi connectivity index (χ2v) is 8.66. The highest BCUT2D eigenvalue weighted by atomic mass is 16.5. The summed E-state index contributed by atoms with van der Waals surface area (Å²) < 4.78 is 4.67. The molecule has 0 saturated carbocycles. The second kappa shape index (κ2) is 11.8. The number of nitrogen functional groups attached to an aromatic ring is 1. The zero-order valence-corrected chi connectivity index (χ0v) is 20.8. The zero-order valence-electron chi connectivity index (χ0n) is 20.8. The largest absolute Gasteiger partial charge is 0.453 e. The molecule has 0 unspecified atom stereocenters. The number of nitrogens with one attached hydrogen (secondary N) is 4. The molecule has 0 aliphatic carbocycles. The van der Waals surface area contributed by atoms with Crippen molar-refractivity contribution in [2.45, 2.75) is 25.3 Å². The minimum absolute atomic E-state index is 0.0696. The molecular formula is C28H28N6O4. The van der Waals surface area contributed by atoms with Crippen molar-refractivity contribution in [3.63, 3.8) is 0 Å². The van der Waals surface area contributed by atoms with Gasteiger partial charge in [0.1, 0.15) is 5.84 Å². The Morgan fingerprint density at radius 1 is 1.08 bits per heavy atom. The molecule has 0 spiro atoms. The predicted molar refractivity (Wildman–Crippen MR) is 145 cm³/mol. The molecule has 0 radical (unpaired) electrons. The van der Waals surface area contributed by atoms with Crippen LogP contribution >= 0.6 is 0 Å². The lowest BCUT2D eigenvalue weighted by atomic mass is 10.00. The Labute approximate surface area is 219 Å². The maximum Gasteiger partial charge on any atom is 0.411 e. The average Bonchev–Trinajstić information content (AvgIpc) is 2.92. The molecule has 6 N–H and O–H groups in total. The van der Waals surface area contributed by atoms with Crippen molar-refractivity contribution in [2.24, 2.45) is 5.73 Å². The molecule has 4 rings (SSSR count). The number of nitrogens with two attached hydrogens (primary N) is 1. The number of carbonyl (C=O) groups is 3.